The predicted molar refractivity (Wildman–Crippen MR) is 93.8 cm³/mol. The summed E-state index contributed by atoms with van der Waals surface area (Å²) in [6, 6.07) is 11.3. The van der Waals surface area contributed by atoms with Gasteiger partial charge in [0.25, 0.3) is 5.69 Å². The molecule has 0 bridgehead atoms. The minimum Gasteiger partial charge on any atom is -0.493 e. The molecule has 1 fully saturated rings. The van der Waals surface area contributed by atoms with Crippen LogP contribution in [0.4, 0.5) is 18.9 Å². The number of nitro benzene ring substituents is 1. The third-order valence-corrected chi connectivity index (χ3v) is 4.77. The molecule has 0 amide bonds. The summed E-state index contributed by atoms with van der Waals surface area (Å²) in [6.45, 7) is 1.73. The van der Waals surface area contributed by atoms with Crippen molar-refractivity contribution in [3.8, 4) is 5.75 Å². The standard InChI is InChI=1S/C19H19F3N2O3/c20-19(21,22)15-2-1-3-17(10-15)27-12-14-11-23-9-8-18(14)13-4-6-16(7-5-13)24(25)26/h1-7,10,14,18,23H,8-9,11-12H2/t14-,18-/m1/s1. The van der Waals surface area contributed by atoms with Gasteiger partial charge in [0.2, 0.25) is 0 Å². The van der Waals surface area contributed by atoms with E-state index >= 15 is 0 Å². The van der Waals surface area contributed by atoms with Crippen LogP contribution in [0.3, 0.4) is 0 Å². The van der Waals surface area contributed by atoms with Crippen molar-refractivity contribution in [3.63, 3.8) is 0 Å². The molecule has 0 aromatic heterocycles. The highest BCUT2D eigenvalue weighted by Crippen LogP contribution is 2.34. The maximum Gasteiger partial charge on any atom is 0.416 e. The van der Waals surface area contributed by atoms with E-state index in [1.807, 2.05) is 0 Å². The fourth-order valence-corrected chi connectivity index (χ4v) is 3.35. The van der Waals surface area contributed by atoms with Crippen molar-refractivity contribution >= 4 is 5.69 Å². The van der Waals surface area contributed by atoms with Gasteiger partial charge in [-0.15, -0.1) is 0 Å². The van der Waals surface area contributed by atoms with Crippen molar-refractivity contribution in [1.82, 2.24) is 5.32 Å². The molecule has 1 saturated heterocycles. The van der Waals surface area contributed by atoms with Crippen LogP contribution in [-0.2, 0) is 6.18 Å². The largest absolute Gasteiger partial charge is 0.493 e. The average Bonchev–Trinajstić information content (AvgIpc) is 2.66. The Bertz CT molecular complexity index is 794. The van der Waals surface area contributed by atoms with E-state index in [4.69, 9.17) is 4.74 Å². The van der Waals surface area contributed by atoms with Gasteiger partial charge in [-0.2, -0.15) is 13.2 Å². The molecule has 0 spiro atoms. The Kier molecular flexibility index (Phi) is 5.65. The number of nitrogens with zero attached hydrogens (tertiary/aromatic N) is 1. The van der Waals surface area contributed by atoms with Gasteiger partial charge in [-0.3, -0.25) is 10.1 Å². The van der Waals surface area contributed by atoms with Crippen LogP contribution < -0.4 is 10.1 Å². The lowest BCUT2D eigenvalue weighted by molar-refractivity contribution is -0.384. The molecule has 0 saturated carbocycles. The lowest BCUT2D eigenvalue weighted by atomic mass is 9.81. The molecule has 2 atom stereocenters. The molecule has 2 aromatic carbocycles. The van der Waals surface area contributed by atoms with Gasteiger partial charge >= 0.3 is 6.18 Å². The molecule has 1 N–H and O–H groups in total. The fraction of sp³-hybridized carbons (Fsp3) is 0.368. The Morgan fingerprint density at radius 3 is 2.59 bits per heavy atom. The molecule has 0 radical (unpaired) electrons. The van der Waals surface area contributed by atoms with Crippen molar-refractivity contribution in [2.45, 2.75) is 18.5 Å². The second-order valence-electron chi connectivity index (χ2n) is 6.54. The van der Waals surface area contributed by atoms with E-state index in [2.05, 4.69) is 5.32 Å². The molecule has 1 aliphatic rings. The molecule has 0 unspecified atom stereocenters. The van der Waals surface area contributed by atoms with Crippen LogP contribution in [0.5, 0.6) is 5.75 Å². The highest BCUT2D eigenvalue weighted by molar-refractivity contribution is 5.35. The number of rotatable bonds is 5. The predicted octanol–water partition coefficient (Wildman–Crippen LogP) is 4.39. The van der Waals surface area contributed by atoms with Gasteiger partial charge in [-0.05, 0) is 42.6 Å². The van der Waals surface area contributed by atoms with Crippen LogP contribution in [0.25, 0.3) is 0 Å². The lowest BCUT2D eigenvalue weighted by Crippen LogP contribution is -2.38. The van der Waals surface area contributed by atoms with Crippen LogP contribution in [-0.4, -0.2) is 24.6 Å². The third-order valence-electron chi connectivity index (χ3n) is 4.77. The van der Waals surface area contributed by atoms with Crippen molar-refractivity contribution < 1.29 is 22.8 Å². The quantitative estimate of drug-likeness (QED) is 0.617. The first-order chi connectivity index (χ1) is 12.8. The Morgan fingerprint density at radius 2 is 1.93 bits per heavy atom. The molecule has 1 aliphatic heterocycles. The van der Waals surface area contributed by atoms with Crippen LogP contribution in [0.2, 0.25) is 0 Å². The summed E-state index contributed by atoms with van der Waals surface area (Å²) in [5.41, 5.74) is 0.262. The zero-order valence-corrected chi connectivity index (χ0v) is 14.4. The van der Waals surface area contributed by atoms with Crippen molar-refractivity contribution in [3.05, 3.63) is 69.8 Å². The molecule has 27 heavy (non-hydrogen) atoms. The number of nitrogens with one attached hydrogen (secondary N) is 1. The monoisotopic (exact) mass is 380 g/mol. The van der Waals surface area contributed by atoms with E-state index in [1.54, 1.807) is 12.1 Å². The average molecular weight is 380 g/mol. The second-order valence-corrected chi connectivity index (χ2v) is 6.54. The van der Waals surface area contributed by atoms with Crippen molar-refractivity contribution in [2.75, 3.05) is 19.7 Å². The third kappa shape index (κ3) is 4.77. The van der Waals surface area contributed by atoms with E-state index in [-0.39, 0.29) is 29.9 Å². The smallest absolute Gasteiger partial charge is 0.416 e. The number of hydrogen-bond acceptors (Lipinski definition) is 4. The maximum absolute atomic E-state index is 12.8. The first kappa shape index (κ1) is 19.2. The van der Waals surface area contributed by atoms with Crippen LogP contribution in [0.15, 0.2) is 48.5 Å². The van der Waals surface area contributed by atoms with Crippen molar-refractivity contribution in [1.29, 1.82) is 0 Å². The molecule has 0 aliphatic carbocycles. The number of piperidine rings is 1. The zero-order valence-electron chi connectivity index (χ0n) is 14.4. The first-order valence-electron chi connectivity index (χ1n) is 8.60. The highest BCUT2D eigenvalue weighted by Gasteiger charge is 2.31. The highest BCUT2D eigenvalue weighted by atomic mass is 19.4. The Hall–Kier alpha value is -2.61. The van der Waals surface area contributed by atoms with E-state index in [1.165, 1.54) is 24.3 Å². The van der Waals surface area contributed by atoms with Gasteiger partial charge in [0.1, 0.15) is 5.75 Å². The summed E-state index contributed by atoms with van der Waals surface area (Å²) >= 11 is 0. The summed E-state index contributed by atoms with van der Waals surface area (Å²) < 4.78 is 44.1. The summed E-state index contributed by atoms with van der Waals surface area (Å²) in [5, 5.41) is 14.1. The molecular formula is C19H19F3N2O3. The van der Waals surface area contributed by atoms with Gasteiger partial charge in [0.15, 0.2) is 0 Å². The number of halogens is 3. The topological polar surface area (TPSA) is 64.4 Å². The molecule has 3 rings (SSSR count). The van der Waals surface area contributed by atoms with Crippen molar-refractivity contribution in [2.24, 2.45) is 5.92 Å². The van der Waals surface area contributed by atoms with Crippen LogP contribution in [0.1, 0.15) is 23.5 Å². The number of hydrogen-bond donors (Lipinski definition) is 1. The molecule has 2 aromatic rings. The normalized spacial score (nSPS) is 20.3. The molecule has 1 heterocycles. The van der Waals surface area contributed by atoms with Crippen LogP contribution in [0, 0.1) is 16.0 Å². The van der Waals surface area contributed by atoms with E-state index in [0.29, 0.717) is 6.54 Å². The summed E-state index contributed by atoms with van der Waals surface area (Å²) in [6.07, 6.45) is -3.58. The number of ether oxygens (including phenoxy) is 1. The molecule has 5 nitrogen and oxygen atoms in total. The molecular weight excluding hydrogens is 361 g/mol. The van der Waals surface area contributed by atoms with Gasteiger partial charge in [0.05, 0.1) is 17.1 Å². The minimum atomic E-state index is -4.41. The Morgan fingerprint density at radius 1 is 1.19 bits per heavy atom. The van der Waals surface area contributed by atoms with Gasteiger partial charge < -0.3 is 10.1 Å². The minimum absolute atomic E-state index is 0.0319. The first-order valence-corrected chi connectivity index (χ1v) is 8.60. The summed E-state index contributed by atoms with van der Waals surface area (Å²) in [5.74, 6) is 0.352. The number of benzene rings is 2. The van der Waals surface area contributed by atoms with E-state index < -0.39 is 16.7 Å². The maximum atomic E-state index is 12.8. The number of nitro groups is 1. The molecule has 144 valence electrons. The second kappa shape index (κ2) is 7.96. The number of non-ortho nitro benzene ring substituents is 1. The van der Waals surface area contributed by atoms with Gasteiger partial charge in [-0.25, -0.2) is 0 Å². The summed E-state index contributed by atoms with van der Waals surface area (Å²) in [4.78, 5) is 10.4. The Balaban J connectivity index is 1.70. The number of alkyl halides is 3. The van der Waals surface area contributed by atoms with Gasteiger partial charge in [-0.1, -0.05) is 18.2 Å². The van der Waals surface area contributed by atoms with E-state index in [0.717, 1.165) is 30.7 Å². The Labute approximate surface area is 154 Å². The van der Waals surface area contributed by atoms with Gasteiger partial charge in [0, 0.05) is 24.6 Å². The molecule has 8 heteroatoms. The van der Waals surface area contributed by atoms with Crippen LogP contribution >= 0.6 is 0 Å². The summed E-state index contributed by atoms with van der Waals surface area (Å²) in [7, 11) is 0. The zero-order chi connectivity index (χ0) is 19.4. The fourth-order valence-electron chi connectivity index (χ4n) is 3.35. The SMILES string of the molecule is O=[N+]([O-])c1ccc([C@H]2CCNC[C@@H]2COc2cccc(C(F)(F)F)c2)cc1. The van der Waals surface area contributed by atoms with E-state index in [9.17, 15) is 23.3 Å². The lowest BCUT2D eigenvalue weighted by Gasteiger charge is -2.32.